The molecule has 0 bridgehead atoms. The Morgan fingerprint density at radius 1 is 0.960 bits per heavy atom. The van der Waals surface area contributed by atoms with Crippen LogP contribution in [0.4, 0.5) is 0 Å². The van der Waals surface area contributed by atoms with Gasteiger partial charge in [-0.25, -0.2) is 0 Å². The van der Waals surface area contributed by atoms with Crippen molar-refractivity contribution in [2.75, 3.05) is 26.3 Å². The molecule has 0 atom stereocenters. The van der Waals surface area contributed by atoms with Crippen LogP contribution in [0.1, 0.15) is 44.1 Å². The molecule has 2 saturated heterocycles. The van der Waals surface area contributed by atoms with E-state index in [9.17, 15) is 0 Å². The third-order valence-corrected chi connectivity index (χ3v) is 6.19. The van der Waals surface area contributed by atoms with Crippen LogP contribution in [-0.2, 0) is 16.0 Å². The first-order valence-corrected chi connectivity index (χ1v) is 10.1. The Kier molecular flexibility index (Phi) is 5.63. The summed E-state index contributed by atoms with van der Waals surface area (Å²) in [5.74, 6) is -0.236. The molecular weight excluding hydrogens is 336 g/mol. The predicted molar refractivity (Wildman–Crippen MR) is 99.8 cm³/mol. The second-order valence-electron chi connectivity index (χ2n) is 7.73. The quantitative estimate of drug-likeness (QED) is 0.885. The highest BCUT2D eigenvalue weighted by Crippen LogP contribution is 2.36. The number of ether oxygens (including phenoxy) is 2. The highest BCUT2D eigenvalue weighted by Gasteiger charge is 2.40. The van der Waals surface area contributed by atoms with Gasteiger partial charge in [-0.2, -0.15) is 0 Å². The summed E-state index contributed by atoms with van der Waals surface area (Å²) < 4.78 is 11.7. The van der Waals surface area contributed by atoms with Gasteiger partial charge >= 0.3 is 0 Å². The fraction of sp³-hybridized carbons (Fsp3) is 0.700. The molecule has 0 amide bonds. The maximum Gasteiger partial charge on any atom is 0.168 e. The van der Waals surface area contributed by atoms with Crippen LogP contribution in [0, 0.1) is 0 Å². The predicted octanol–water partition coefficient (Wildman–Crippen LogP) is 3.58. The van der Waals surface area contributed by atoms with Gasteiger partial charge in [0.2, 0.25) is 0 Å². The Bertz CT molecular complexity index is 541. The minimum Gasteiger partial charge on any atom is -0.348 e. The zero-order chi connectivity index (χ0) is 17.1. The molecule has 1 N–H and O–H groups in total. The Hall–Kier alpha value is -0.650. The summed E-state index contributed by atoms with van der Waals surface area (Å²) in [6, 6.07) is 9.53. The third-order valence-electron chi connectivity index (χ3n) is 5.94. The molecule has 3 aliphatic rings. The van der Waals surface area contributed by atoms with E-state index in [-0.39, 0.29) is 5.79 Å². The Morgan fingerprint density at radius 3 is 2.20 bits per heavy atom. The van der Waals surface area contributed by atoms with E-state index in [0.29, 0.717) is 12.1 Å². The number of nitrogens with zero attached hydrogens (tertiary/aromatic N) is 1. The SMILES string of the molecule is Clc1ccc(CN2CCC(NC3CCC4(CC3)OCCO4)CC2)cc1. The fourth-order valence-electron chi connectivity index (χ4n) is 4.45. The van der Waals surface area contributed by atoms with E-state index in [4.69, 9.17) is 21.1 Å². The standard InChI is InChI=1S/C20H29ClN2O2/c21-17-3-1-16(2-4-17)15-23-11-7-19(8-12-23)22-18-5-9-20(10-6-18)24-13-14-25-20/h1-4,18-19,22H,5-15H2. The topological polar surface area (TPSA) is 33.7 Å². The number of nitrogens with one attached hydrogen (secondary N) is 1. The van der Waals surface area contributed by atoms with Crippen LogP contribution in [-0.4, -0.2) is 49.1 Å². The summed E-state index contributed by atoms with van der Waals surface area (Å²) in [5.41, 5.74) is 1.35. The molecule has 0 aromatic heterocycles. The summed E-state index contributed by atoms with van der Waals surface area (Å²) in [7, 11) is 0. The van der Waals surface area contributed by atoms with Crippen LogP contribution in [0.15, 0.2) is 24.3 Å². The molecule has 1 saturated carbocycles. The van der Waals surface area contributed by atoms with Crippen molar-refractivity contribution in [3.05, 3.63) is 34.9 Å². The van der Waals surface area contributed by atoms with Crippen molar-refractivity contribution < 1.29 is 9.47 Å². The van der Waals surface area contributed by atoms with Gasteiger partial charge in [-0.05, 0) is 56.5 Å². The van der Waals surface area contributed by atoms with Crippen LogP contribution < -0.4 is 5.32 Å². The maximum atomic E-state index is 5.97. The Labute approximate surface area is 155 Å². The third kappa shape index (κ3) is 4.55. The molecule has 0 unspecified atom stereocenters. The average Bonchev–Trinajstić information content (AvgIpc) is 3.09. The van der Waals surface area contributed by atoms with Gasteiger partial charge in [0.05, 0.1) is 13.2 Å². The molecule has 1 spiro atoms. The van der Waals surface area contributed by atoms with Crippen molar-refractivity contribution in [1.82, 2.24) is 10.2 Å². The van der Waals surface area contributed by atoms with Gasteiger partial charge in [-0.3, -0.25) is 4.90 Å². The summed E-state index contributed by atoms with van der Waals surface area (Å²) in [4.78, 5) is 2.55. The molecule has 1 aromatic carbocycles. The second kappa shape index (κ2) is 7.93. The highest BCUT2D eigenvalue weighted by molar-refractivity contribution is 6.30. The number of hydrogen-bond acceptors (Lipinski definition) is 4. The summed E-state index contributed by atoms with van der Waals surface area (Å²) >= 11 is 5.97. The number of piperidine rings is 1. The minimum atomic E-state index is -0.236. The van der Waals surface area contributed by atoms with Crippen molar-refractivity contribution in [3.63, 3.8) is 0 Å². The lowest BCUT2D eigenvalue weighted by molar-refractivity contribution is -0.179. The molecule has 3 fully saturated rings. The molecule has 138 valence electrons. The summed E-state index contributed by atoms with van der Waals surface area (Å²) in [5, 5.41) is 4.72. The van der Waals surface area contributed by atoms with Crippen molar-refractivity contribution >= 4 is 11.6 Å². The first-order chi connectivity index (χ1) is 12.2. The first kappa shape index (κ1) is 17.7. The first-order valence-electron chi connectivity index (χ1n) is 9.72. The van der Waals surface area contributed by atoms with Crippen LogP contribution in [0.5, 0.6) is 0 Å². The van der Waals surface area contributed by atoms with E-state index in [1.165, 1.54) is 44.3 Å². The maximum absolute atomic E-state index is 5.97. The van der Waals surface area contributed by atoms with Crippen LogP contribution in [0.2, 0.25) is 5.02 Å². The number of rotatable bonds is 4. The molecular formula is C20H29ClN2O2. The number of likely N-dealkylation sites (tertiary alicyclic amines) is 1. The molecule has 1 aromatic rings. The van der Waals surface area contributed by atoms with Crippen molar-refractivity contribution in [3.8, 4) is 0 Å². The molecule has 2 aliphatic heterocycles. The molecule has 2 heterocycles. The molecule has 0 radical (unpaired) electrons. The zero-order valence-electron chi connectivity index (χ0n) is 14.9. The van der Waals surface area contributed by atoms with E-state index in [1.807, 2.05) is 12.1 Å². The largest absolute Gasteiger partial charge is 0.348 e. The minimum absolute atomic E-state index is 0.236. The van der Waals surface area contributed by atoms with Crippen molar-refractivity contribution in [2.24, 2.45) is 0 Å². The van der Waals surface area contributed by atoms with Crippen LogP contribution >= 0.6 is 11.6 Å². The summed E-state index contributed by atoms with van der Waals surface area (Å²) in [6.45, 7) is 4.91. The van der Waals surface area contributed by atoms with E-state index in [0.717, 1.165) is 37.6 Å². The lowest BCUT2D eigenvalue weighted by atomic mass is 9.89. The van der Waals surface area contributed by atoms with Crippen LogP contribution in [0.3, 0.4) is 0 Å². The number of halogens is 1. The van der Waals surface area contributed by atoms with Crippen molar-refractivity contribution in [2.45, 2.75) is 62.9 Å². The average molecular weight is 365 g/mol. The van der Waals surface area contributed by atoms with Gasteiger partial charge in [0.1, 0.15) is 0 Å². The normalized spacial score (nSPS) is 25.6. The van der Waals surface area contributed by atoms with Gasteiger partial charge in [-0.1, -0.05) is 23.7 Å². The Morgan fingerprint density at radius 2 is 1.56 bits per heavy atom. The van der Waals surface area contributed by atoms with E-state index in [1.54, 1.807) is 0 Å². The molecule has 5 heteroatoms. The van der Waals surface area contributed by atoms with Gasteiger partial charge < -0.3 is 14.8 Å². The number of hydrogen-bond donors (Lipinski definition) is 1. The highest BCUT2D eigenvalue weighted by atomic mass is 35.5. The van der Waals surface area contributed by atoms with Crippen molar-refractivity contribution in [1.29, 1.82) is 0 Å². The Balaban J connectivity index is 1.18. The second-order valence-corrected chi connectivity index (χ2v) is 8.16. The van der Waals surface area contributed by atoms with E-state index in [2.05, 4.69) is 22.3 Å². The monoisotopic (exact) mass is 364 g/mol. The van der Waals surface area contributed by atoms with E-state index >= 15 is 0 Å². The molecule has 1 aliphatic carbocycles. The van der Waals surface area contributed by atoms with Gasteiger partial charge in [0.15, 0.2) is 5.79 Å². The molecule has 25 heavy (non-hydrogen) atoms. The molecule has 4 nitrogen and oxygen atoms in total. The van der Waals surface area contributed by atoms with Gasteiger partial charge in [0.25, 0.3) is 0 Å². The number of benzene rings is 1. The lowest BCUT2D eigenvalue weighted by Crippen LogP contribution is -2.49. The van der Waals surface area contributed by atoms with Gasteiger partial charge in [-0.15, -0.1) is 0 Å². The summed E-state index contributed by atoms with van der Waals surface area (Å²) in [6.07, 6.45) is 6.90. The van der Waals surface area contributed by atoms with Gasteiger partial charge in [0, 0.05) is 36.5 Å². The van der Waals surface area contributed by atoms with Crippen LogP contribution in [0.25, 0.3) is 0 Å². The zero-order valence-corrected chi connectivity index (χ0v) is 15.6. The van der Waals surface area contributed by atoms with E-state index < -0.39 is 0 Å². The smallest absolute Gasteiger partial charge is 0.168 e. The fourth-order valence-corrected chi connectivity index (χ4v) is 4.58. The lowest BCUT2D eigenvalue weighted by Gasteiger charge is -2.39. The molecule has 4 rings (SSSR count).